The molecule has 1 aliphatic rings. The van der Waals surface area contributed by atoms with E-state index in [0.29, 0.717) is 25.2 Å². The fourth-order valence-corrected chi connectivity index (χ4v) is 4.43. The fourth-order valence-electron chi connectivity index (χ4n) is 4.43. The number of hydrogen-bond donors (Lipinski definition) is 1. The van der Waals surface area contributed by atoms with Crippen LogP contribution in [0.1, 0.15) is 91.4 Å². The molecule has 0 spiro atoms. The Morgan fingerprint density at radius 2 is 1.90 bits per heavy atom. The van der Waals surface area contributed by atoms with Gasteiger partial charge in [0.25, 0.3) is 0 Å². The molecule has 1 saturated carbocycles. The molecule has 5 nitrogen and oxygen atoms in total. The molecular weight excluding hydrogens is 380 g/mol. The van der Waals surface area contributed by atoms with Gasteiger partial charge in [0.1, 0.15) is 11.6 Å². The minimum Gasteiger partial charge on any atom is -0.469 e. The van der Waals surface area contributed by atoms with Crippen LogP contribution < -0.4 is 0 Å². The van der Waals surface area contributed by atoms with E-state index in [1.165, 1.54) is 20.0 Å². The summed E-state index contributed by atoms with van der Waals surface area (Å²) in [6.07, 6.45) is 11.4. The second kappa shape index (κ2) is 14.5. The van der Waals surface area contributed by atoms with Gasteiger partial charge in [-0.1, -0.05) is 58.6 Å². The molecule has 1 aliphatic carbocycles. The van der Waals surface area contributed by atoms with Crippen LogP contribution in [0.15, 0.2) is 12.2 Å². The van der Waals surface area contributed by atoms with E-state index < -0.39 is 6.10 Å². The molecule has 1 fully saturated rings. The minimum atomic E-state index is -0.495. The van der Waals surface area contributed by atoms with Crippen molar-refractivity contribution in [3.63, 3.8) is 0 Å². The van der Waals surface area contributed by atoms with Crippen LogP contribution in [0.5, 0.6) is 0 Å². The zero-order chi connectivity index (χ0) is 22.5. The van der Waals surface area contributed by atoms with Crippen molar-refractivity contribution in [3.05, 3.63) is 12.2 Å². The summed E-state index contributed by atoms with van der Waals surface area (Å²) < 4.78 is 4.61. The van der Waals surface area contributed by atoms with Gasteiger partial charge in [0.15, 0.2) is 0 Å². The molecule has 0 bridgehead atoms. The normalized spacial score (nSPS) is 23.6. The van der Waals surface area contributed by atoms with Gasteiger partial charge in [0.2, 0.25) is 0 Å². The lowest BCUT2D eigenvalue weighted by Gasteiger charge is -2.19. The summed E-state index contributed by atoms with van der Waals surface area (Å²) in [6, 6.07) is 0. The van der Waals surface area contributed by atoms with E-state index in [9.17, 15) is 19.5 Å². The largest absolute Gasteiger partial charge is 0.469 e. The number of ketones is 2. The van der Waals surface area contributed by atoms with Crippen LogP contribution in [0.2, 0.25) is 0 Å². The molecule has 30 heavy (non-hydrogen) atoms. The maximum absolute atomic E-state index is 12.5. The fraction of sp³-hybridized carbons (Fsp3) is 0.800. The van der Waals surface area contributed by atoms with Gasteiger partial charge in [0.05, 0.1) is 13.2 Å². The van der Waals surface area contributed by atoms with Crippen molar-refractivity contribution in [1.82, 2.24) is 0 Å². The number of esters is 1. The van der Waals surface area contributed by atoms with Crippen molar-refractivity contribution in [2.75, 3.05) is 7.11 Å². The Labute approximate surface area is 182 Å². The summed E-state index contributed by atoms with van der Waals surface area (Å²) in [7, 11) is 1.38. The van der Waals surface area contributed by atoms with Crippen LogP contribution in [-0.4, -0.2) is 35.9 Å². The van der Waals surface area contributed by atoms with E-state index in [1.807, 2.05) is 12.2 Å². The Kier molecular flexibility index (Phi) is 12.8. The Balaban J connectivity index is 2.48. The van der Waals surface area contributed by atoms with Crippen LogP contribution in [0, 0.1) is 23.7 Å². The van der Waals surface area contributed by atoms with Gasteiger partial charge in [0, 0.05) is 31.6 Å². The first-order chi connectivity index (χ1) is 14.3. The summed E-state index contributed by atoms with van der Waals surface area (Å²) in [6.45, 7) is 6.40. The molecule has 0 aromatic carbocycles. The molecule has 0 aromatic heterocycles. The average molecular weight is 423 g/mol. The van der Waals surface area contributed by atoms with E-state index in [0.717, 1.165) is 32.1 Å². The predicted molar refractivity (Wildman–Crippen MR) is 119 cm³/mol. The van der Waals surface area contributed by atoms with Gasteiger partial charge in [-0.25, -0.2) is 0 Å². The van der Waals surface area contributed by atoms with Gasteiger partial charge in [-0.2, -0.15) is 0 Å². The topological polar surface area (TPSA) is 80.7 Å². The van der Waals surface area contributed by atoms with Gasteiger partial charge in [-0.3, -0.25) is 14.4 Å². The van der Waals surface area contributed by atoms with Gasteiger partial charge >= 0.3 is 5.97 Å². The van der Waals surface area contributed by atoms with Crippen molar-refractivity contribution < 1.29 is 24.2 Å². The summed E-state index contributed by atoms with van der Waals surface area (Å²) in [5.74, 6) is 0.517. The van der Waals surface area contributed by atoms with Crippen molar-refractivity contribution in [3.8, 4) is 0 Å². The van der Waals surface area contributed by atoms with E-state index >= 15 is 0 Å². The lowest BCUT2D eigenvalue weighted by atomic mass is 9.85. The molecule has 1 rings (SSSR count). The first kappa shape index (κ1) is 26.5. The Hall–Kier alpha value is -1.49. The van der Waals surface area contributed by atoms with Crippen LogP contribution in [0.4, 0.5) is 0 Å². The van der Waals surface area contributed by atoms with Gasteiger partial charge in [-0.05, 0) is 37.0 Å². The van der Waals surface area contributed by atoms with Gasteiger partial charge < -0.3 is 9.84 Å². The predicted octanol–water partition coefficient (Wildman–Crippen LogP) is 5.04. The quantitative estimate of drug-likeness (QED) is 0.227. The molecule has 0 amide bonds. The third-order valence-electron chi connectivity index (χ3n) is 6.32. The summed E-state index contributed by atoms with van der Waals surface area (Å²) in [5, 5.41) is 10.4. The van der Waals surface area contributed by atoms with Crippen molar-refractivity contribution >= 4 is 17.5 Å². The van der Waals surface area contributed by atoms with Crippen molar-refractivity contribution in [2.45, 2.75) is 97.5 Å². The highest BCUT2D eigenvalue weighted by Crippen LogP contribution is 2.38. The number of allylic oxidation sites excluding steroid dienone is 1. The average Bonchev–Trinajstić information content (AvgIpc) is 2.96. The van der Waals surface area contributed by atoms with E-state index in [-0.39, 0.29) is 41.7 Å². The number of carbonyl (C=O) groups excluding carboxylic acids is 3. The zero-order valence-electron chi connectivity index (χ0n) is 19.4. The Morgan fingerprint density at radius 1 is 1.20 bits per heavy atom. The monoisotopic (exact) mass is 422 g/mol. The molecule has 0 aromatic rings. The standard InChI is InChI=1S/C25H42O5/c1-5-6-10-18(2)15-21(27)13-14-22-19(3)16-24(28)23(22)17-20(26)11-8-7-9-12-25(29)30-4/h13-14,18-19,21-23,27H,5-12,15-17H2,1-4H3/b14-13+/t18-,19+,21+,22-,23+/m0/s1. The van der Waals surface area contributed by atoms with Crippen LogP contribution in [-0.2, 0) is 19.1 Å². The summed E-state index contributed by atoms with van der Waals surface area (Å²) in [4.78, 5) is 36.0. The third-order valence-corrected chi connectivity index (χ3v) is 6.32. The Bertz CT molecular complexity index is 568. The highest BCUT2D eigenvalue weighted by Gasteiger charge is 2.39. The molecule has 172 valence electrons. The summed E-state index contributed by atoms with van der Waals surface area (Å²) in [5.41, 5.74) is 0. The molecule has 0 aliphatic heterocycles. The van der Waals surface area contributed by atoms with Crippen LogP contribution in [0.3, 0.4) is 0 Å². The lowest BCUT2D eigenvalue weighted by molar-refractivity contribution is -0.140. The van der Waals surface area contributed by atoms with Crippen molar-refractivity contribution in [1.29, 1.82) is 0 Å². The molecular formula is C25H42O5. The first-order valence-electron chi connectivity index (χ1n) is 11.8. The smallest absolute Gasteiger partial charge is 0.305 e. The second-order valence-electron chi connectivity index (χ2n) is 9.15. The number of ether oxygens (including phenoxy) is 1. The molecule has 0 heterocycles. The molecule has 0 saturated heterocycles. The van der Waals surface area contributed by atoms with Crippen LogP contribution >= 0.6 is 0 Å². The number of aliphatic hydroxyl groups excluding tert-OH is 1. The van der Waals surface area contributed by atoms with E-state index in [4.69, 9.17) is 0 Å². The molecule has 5 heteroatoms. The van der Waals surface area contributed by atoms with Crippen molar-refractivity contribution in [2.24, 2.45) is 23.7 Å². The number of Topliss-reactive ketones (excluding diaryl/α,β-unsaturated/α-hetero) is 2. The van der Waals surface area contributed by atoms with E-state index in [2.05, 4.69) is 25.5 Å². The zero-order valence-corrected chi connectivity index (χ0v) is 19.4. The number of carbonyl (C=O) groups is 3. The molecule has 1 N–H and O–H groups in total. The van der Waals surface area contributed by atoms with Gasteiger partial charge in [-0.15, -0.1) is 0 Å². The molecule has 5 atom stereocenters. The lowest BCUT2D eigenvalue weighted by Crippen LogP contribution is -2.20. The highest BCUT2D eigenvalue weighted by atomic mass is 16.5. The number of hydrogen-bond acceptors (Lipinski definition) is 5. The van der Waals surface area contributed by atoms with Crippen LogP contribution in [0.25, 0.3) is 0 Å². The number of rotatable bonds is 15. The number of unbranched alkanes of at least 4 members (excludes halogenated alkanes) is 3. The Morgan fingerprint density at radius 3 is 2.57 bits per heavy atom. The molecule has 0 unspecified atom stereocenters. The molecule has 0 radical (unpaired) electrons. The minimum absolute atomic E-state index is 0.0290. The number of methoxy groups -OCH3 is 1. The third kappa shape index (κ3) is 10.0. The maximum Gasteiger partial charge on any atom is 0.305 e. The highest BCUT2D eigenvalue weighted by molar-refractivity contribution is 5.90. The number of aliphatic hydroxyl groups is 1. The first-order valence-corrected chi connectivity index (χ1v) is 11.8. The maximum atomic E-state index is 12.5. The SMILES string of the molecule is CCCC[C@H](C)C[C@H](O)/C=C/[C@H]1[C@H](C)CC(=O)[C@@H]1CC(=O)CCCCCC(=O)OC. The summed E-state index contributed by atoms with van der Waals surface area (Å²) >= 11 is 0. The second-order valence-corrected chi connectivity index (χ2v) is 9.15. The van der Waals surface area contributed by atoms with E-state index in [1.54, 1.807) is 0 Å².